The van der Waals surface area contributed by atoms with E-state index in [1.807, 2.05) is 6.07 Å². The Hall–Kier alpha value is -3.07. The number of furan rings is 1. The quantitative estimate of drug-likeness (QED) is 0.854. The van der Waals surface area contributed by atoms with E-state index in [9.17, 15) is 9.59 Å². The fourth-order valence-corrected chi connectivity index (χ4v) is 1.82. The first kappa shape index (κ1) is 15.3. The van der Waals surface area contributed by atoms with Gasteiger partial charge in [-0.2, -0.15) is 5.26 Å². The zero-order chi connectivity index (χ0) is 15.9. The molecule has 0 spiro atoms. The van der Waals surface area contributed by atoms with E-state index in [-0.39, 0.29) is 11.6 Å². The second kappa shape index (κ2) is 7.09. The Morgan fingerprint density at radius 1 is 1.36 bits per heavy atom. The summed E-state index contributed by atoms with van der Waals surface area (Å²) in [6.45, 7) is 1.36. The Morgan fingerprint density at radius 2 is 2.18 bits per heavy atom. The molecule has 6 heteroatoms. The van der Waals surface area contributed by atoms with Crippen molar-refractivity contribution in [2.24, 2.45) is 0 Å². The van der Waals surface area contributed by atoms with E-state index < -0.39 is 18.5 Å². The van der Waals surface area contributed by atoms with Gasteiger partial charge in [-0.15, -0.1) is 0 Å². The highest BCUT2D eigenvalue weighted by atomic mass is 16.5. The Bertz CT molecular complexity index is 701. The number of amides is 1. The number of nitrogens with zero attached hydrogens (tertiary/aromatic N) is 1. The van der Waals surface area contributed by atoms with Crippen LogP contribution in [0.4, 0.5) is 0 Å². The topological polar surface area (TPSA) is 92.3 Å². The molecular weight excluding hydrogens is 284 g/mol. The Morgan fingerprint density at radius 3 is 2.86 bits per heavy atom. The Labute approximate surface area is 127 Å². The average molecular weight is 298 g/mol. The molecule has 1 aromatic carbocycles. The van der Waals surface area contributed by atoms with Gasteiger partial charge in [0.2, 0.25) is 0 Å². The number of carbonyl (C=O) groups excluding carboxylic acids is 2. The average Bonchev–Trinajstić information content (AvgIpc) is 3.07. The van der Waals surface area contributed by atoms with Crippen LogP contribution in [0.15, 0.2) is 47.1 Å². The zero-order valence-corrected chi connectivity index (χ0v) is 11.9. The first-order chi connectivity index (χ1) is 10.6. The maximum atomic E-state index is 11.8. The molecule has 2 aromatic rings. The van der Waals surface area contributed by atoms with Crippen molar-refractivity contribution in [1.82, 2.24) is 5.32 Å². The molecule has 1 heterocycles. The number of benzene rings is 1. The van der Waals surface area contributed by atoms with Crippen LogP contribution in [-0.4, -0.2) is 18.5 Å². The van der Waals surface area contributed by atoms with Crippen LogP contribution < -0.4 is 5.32 Å². The van der Waals surface area contributed by atoms with Crippen molar-refractivity contribution in [3.63, 3.8) is 0 Å². The summed E-state index contributed by atoms with van der Waals surface area (Å²) in [5.74, 6) is -0.479. The number of rotatable bonds is 5. The van der Waals surface area contributed by atoms with Crippen LogP contribution in [0.1, 0.15) is 34.6 Å². The van der Waals surface area contributed by atoms with Gasteiger partial charge in [0.25, 0.3) is 5.91 Å². The molecule has 0 fully saturated rings. The van der Waals surface area contributed by atoms with Gasteiger partial charge in [0.15, 0.2) is 6.61 Å². The SMILES string of the molecule is C[C@H](NC(=O)COC(=O)c1cccc(C#N)c1)c1ccco1. The van der Waals surface area contributed by atoms with Gasteiger partial charge in [0, 0.05) is 0 Å². The number of nitriles is 1. The number of carbonyl (C=O) groups is 2. The summed E-state index contributed by atoms with van der Waals surface area (Å²) in [5, 5.41) is 11.4. The lowest BCUT2D eigenvalue weighted by atomic mass is 10.1. The third-order valence-electron chi connectivity index (χ3n) is 2.91. The standard InChI is InChI=1S/C16H14N2O4/c1-11(14-6-3-7-21-14)18-15(19)10-22-16(20)13-5-2-4-12(8-13)9-17/h2-8,11H,10H2,1H3,(H,18,19)/t11-/m0/s1. The molecule has 112 valence electrons. The van der Waals surface area contributed by atoms with E-state index in [1.54, 1.807) is 31.2 Å². The summed E-state index contributed by atoms with van der Waals surface area (Å²) in [4.78, 5) is 23.5. The molecular formula is C16H14N2O4. The third-order valence-corrected chi connectivity index (χ3v) is 2.91. The van der Waals surface area contributed by atoms with E-state index >= 15 is 0 Å². The van der Waals surface area contributed by atoms with Crippen molar-refractivity contribution in [2.45, 2.75) is 13.0 Å². The van der Waals surface area contributed by atoms with Crippen molar-refractivity contribution >= 4 is 11.9 Å². The monoisotopic (exact) mass is 298 g/mol. The predicted octanol–water partition coefficient (Wildman–Crippen LogP) is 2.19. The highest BCUT2D eigenvalue weighted by Crippen LogP contribution is 2.12. The number of esters is 1. The first-order valence-electron chi connectivity index (χ1n) is 6.60. The lowest BCUT2D eigenvalue weighted by molar-refractivity contribution is -0.125. The predicted molar refractivity (Wildman–Crippen MR) is 76.7 cm³/mol. The van der Waals surface area contributed by atoms with Crippen molar-refractivity contribution in [2.75, 3.05) is 6.61 Å². The maximum absolute atomic E-state index is 11.8. The second-order valence-electron chi connectivity index (χ2n) is 4.57. The van der Waals surface area contributed by atoms with Crippen LogP contribution in [0.25, 0.3) is 0 Å². The molecule has 0 unspecified atom stereocenters. The molecule has 22 heavy (non-hydrogen) atoms. The first-order valence-corrected chi connectivity index (χ1v) is 6.60. The van der Waals surface area contributed by atoms with Crippen LogP contribution in [-0.2, 0) is 9.53 Å². The van der Waals surface area contributed by atoms with Crippen molar-refractivity contribution in [3.8, 4) is 6.07 Å². The molecule has 0 aliphatic rings. The van der Waals surface area contributed by atoms with Gasteiger partial charge in [-0.25, -0.2) is 4.79 Å². The number of hydrogen-bond donors (Lipinski definition) is 1. The van der Waals surface area contributed by atoms with Gasteiger partial charge < -0.3 is 14.5 Å². The van der Waals surface area contributed by atoms with Gasteiger partial charge in [-0.3, -0.25) is 4.79 Å². The maximum Gasteiger partial charge on any atom is 0.338 e. The number of nitrogens with one attached hydrogen (secondary N) is 1. The van der Waals surface area contributed by atoms with Gasteiger partial charge in [-0.05, 0) is 37.3 Å². The summed E-state index contributed by atoms with van der Waals surface area (Å²) in [7, 11) is 0. The minimum atomic E-state index is -0.655. The van der Waals surface area contributed by atoms with Crippen LogP contribution in [0.5, 0.6) is 0 Å². The molecule has 1 aromatic heterocycles. The van der Waals surface area contributed by atoms with Crippen LogP contribution >= 0.6 is 0 Å². The van der Waals surface area contributed by atoms with Crippen molar-refractivity contribution < 1.29 is 18.7 Å². The van der Waals surface area contributed by atoms with Gasteiger partial charge in [0.1, 0.15) is 5.76 Å². The summed E-state index contributed by atoms with van der Waals surface area (Å²) in [5.41, 5.74) is 0.580. The highest BCUT2D eigenvalue weighted by Gasteiger charge is 2.14. The molecule has 2 rings (SSSR count). The summed E-state index contributed by atoms with van der Waals surface area (Å²) >= 11 is 0. The molecule has 6 nitrogen and oxygen atoms in total. The smallest absolute Gasteiger partial charge is 0.338 e. The van der Waals surface area contributed by atoms with E-state index in [4.69, 9.17) is 14.4 Å². The third kappa shape index (κ3) is 3.96. The van der Waals surface area contributed by atoms with E-state index in [2.05, 4.69) is 5.32 Å². The molecule has 0 bridgehead atoms. The molecule has 0 aliphatic carbocycles. The second-order valence-corrected chi connectivity index (χ2v) is 4.57. The van der Waals surface area contributed by atoms with Gasteiger partial charge in [-0.1, -0.05) is 6.07 Å². The van der Waals surface area contributed by atoms with Crippen LogP contribution in [0.3, 0.4) is 0 Å². The van der Waals surface area contributed by atoms with Crippen molar-refractivity contribution in [3.05, 3.63) is 59.5 Å². The summed E-state index contributed by atoms with van der Waals surface area (Å²) in [6, 6.07) is 11.2. The number of ether oxygens (including phenoxy) is 1. The Kier molecular flexibility index (Phi) is 4.94. The summed E-state index contributed by atoms with van der Waals surface area (Å²) in [6.07, 6.45) is 1.51. The normalized spacial score (nSPS) is 11.3. The van der Waals surface area contributed by atoms with Crippen LogP contribution in [0, 0.1) is 11.3 Å². The van der Waals surface area contributed by atoms with Crippen LogP contribution in [0.2, 0.25) is 0 Å². The molecule has 0 aliphatic heterocycles. The minimum Gasteiger partial charge on any atom is -0.467 e. The largest absolute Gasteiger partial charge is 0.467 e. The lowest BCUT2D eigenvalue weighted by Gasteiger charge is -2.11. The van der Waals surface area contributed by atoms with Gasteiger partial charge in [0.05, 0.1) is 29.5 Å². The summed E-state index contributed by atoms with van der Waals surface area (Å²) < 4.78 is 10.1. The molecule has 1 N–H and O–H groups in total. The fraction of sp³-hybridized carbons (Fsp3) is 0.188. The van der Waals surface area contributed by atoms with E-state index in [1.165, 1.54) is 18.4 Å². The van der Waals surface area contributed by atoms with E-state index in [0.717, 1.165) is 0 Å². The molecule has 0 saturated heterocycles. The number of hydrogen-bond acceptors (Lipinski definition) is 5. The van der Waals surface area contributed by atoms with Crippen molar-refractivity contribution in [1.29, 1.82) is 5.26 Å². The Balaban J connectivity index is 1.85. The molecule has 0 radical (unpaired) electrons. The highest BCUT2D eigenvalue weighted by molar-refractivity contribution is 5.91. The van der Waals surface area contributed by atoms with E-state index in [0.29, 0.717) is 11.3 Å². The fourth-order valence-electron chi connectivity index (χ4n) is 1.82. The minimum absolute atomic E-state index is 0.228. The zero-order valence-electron chi connectivity index (χ0n) is 11.9. The molecule has 0 saturated carbocycles. The lowest BCUT2D eigenvalue weighted by Crippen LogP contribution is -2.31. The molecule has 1 atom stereocenters. The van der Waals surface area contributed by atoms with Gasteiger partial charge >= 0.3 is 5.97 Å². The molecule has 1 amide bonds.